The van der Waals surface area contributed by atoms with Crippen molar-refractivity contribution in [3.8, 4) is 11.1 Å². The van der Waals surface area contributed by atoms with Crippen LogP contribution in [0.1, 0.15) is 23.5 Å². The van der Waals surface area contributed by atoms with Crippen LogP contribution in [0, 0.1) is 0 Å². The maximum Gasteiger partial charge on any atom is 0.407 e. The summed E-state index contributed by atoms with van der Waals surface area (Å²) in [5.41, 5.74) is 4.49. The van der Waals surface area contributed by atoms with Gasteiger partial charge >= 0.3 is 12.1 Å². The number of benzene rings is 2. The highest BCUT2D eigenvalue weighted by molar-refractivity contribution is 5.86. The maximum absolute atomic E-state index is 12.9. The van der Waals surface area contributed by atoms with Crippen molar-refractivity contribution in [2.24, 2.45) is 0 Å². The molecule has 0 aromatic heterocycles. The number of methoxy groups -OCH3 is 1. The molecule has 1 heterocycles. The Kier molecular flexibility index (Phi) is 7.44. The summed E-state index contributed by atoms with van der Waals surface area (Å²) in [5.74, 6) is -1.71. The minimum Gasteiger partial charge on any atom is -0.480 e. The summed E-state index contributed by atoms with van der Waals surface area (Å²) in [7, 11) is 1.47. The van der Waals surface area contributed by atoms with Crippen LogP contribution in [-0.2, 0) is 23.8 Å². The first-order valence-electron chi connectivity index (χ1n) is 11.2. The second-order valence-corrected chi connectivity index (χ2v) is 8.30. The molecule has 2 atom stereocenters. The Balaban J connectivity index is 1.38. The van der Waals surface area contributed by atoms with Crippen molar-refractivity contribution in [3.63, 3.8) is 0 Å². The molecule has 2 aliphatic rings. The number of rotatable bonds is 9. The number of carboxylic acids is 1. The largest absolute Gasteiger partial charge is 0.480 e. The van der Waals surface area contributed by atoms with Crippen LogP contribution in [0.4, 0.5) is 4.79 Å². The lowest BCUT2D eigenvalue weighted by Crippen LogP contribution is -2.51. The molecule has 0 spiro atoms. The molecule has 2 aromatic carbocycles. The van der Waals surface area contributed by atoms with Gasteiger partial charge in [0, 0.05) is 26.2 Å². The van der Waals surface area contributed by atoms with Gasteiger partial charge in [-0.3, -0.25) is 9.59 Å². The average Bonchev–Trinajstić information content (AvgIpc) is 3.42. The molecule has 2 aromatic rings. The molecule has 0 radical (unpaired) electrons. The molecule has 2 amide bonds. The number of carboxylic acid groups (broad SMARTS) is 1. The number of hydrogen-bond acceptors (Lipinski definition) is 6. The second-order valence-electron chi connectivity index (χ2n) is 8.30. The number of amides is 2. The molecule has 0 unspecified atom stereocenters. The van der Waals surface area contributed by atoms with Crippen molar-refractivity contribution in [2.75, 3.05) is 40.0 Å². The second kappa shape index (κ2) is 10.7. The fourth-order valence-corrected chi connectivity index (χ4v) is 4.58. The number of ether oxygens (including phenoxy) is 3. The number of nitrogens with one attached hydrogen (secondary N) is 1. The van der Waals surface area contributed by atoms with Crippen molar-refractivity contribution in [2.45, 2.75) is 24.5 Å². The third-order valence-corrected chi connectivity index (χ3v) is 6.19. The Labute approximate surface area is 197 Å². The number of aliphatic carboxylic acids is 1. The van der Waals surface area contributed by atoms with Crippen LogP contribution in [0.3, 0.4) is 0 Å². The summed E-state index contributed by atoms with van der Waals surface area (Å²) in [6.45, 7) is 0.260. The van der Waals surface area contributed by atoms with E-state index >= 15 is 0 Å². The average molecular weight is 469 g/mol. The smallest absolute Gasteiger partial charge is 0.407 e. The van der Waals surface area contributed by atoms with Gasteiger partial charge in [0.05, 0.1) is 12.6 Å². The standard InChI is InChI=1S/C25H28N2O7/c1-32-13-11-27(14-22(28)29)24(30)23-21(10-12-33-23)26-25(31)34-15-20-18-8-4-2-6-16(18)17-7-3-5-9-19(17)20/h2-9,20-21,23H,10-15H2,1H3,(H,26,31)(H,28,29)/t21-,23+/m0/s1. The van der Waals surface area contributed by atoms with Gasteiger partial charge < -0.3 is 29.5 Å². The molecule has 9 nitrogen and oxygen atoms in total. The van der Waals surface area contributed by atoms with E-state index in [-0.39, 0.29) is 32.3 Å². The van der Waals surface area contributed by atoms with Crippen LogP contribution in [0.2, 0.25) is 0 Å². The highest BCUT2D eigenvalue weighted by atomic mass is 16.6. The molecular weight excluding hydrogens is 440 g/mol. The van der Waals surface area contributed by atoms with Crippen LogP contribution in [-0.4, -0.2) is 80.1 Å². The van der Waals surface area contributed by atoms with Gasteiger partial charge in [-0.15, -0.1) is 0 Å². The normalized spacial score (nSPS) is 18.7. The predicted molar refractivity (Wildman–Crippen MR) is 122 cm³/mol. The van der Waals surface area contributed by atoms with Crippen molar-refractivity contribution < 1.29 is 33.7 Å². The molecule has 0 saturated carbocycles. The van der Waals surface area contributed by atoms with Crippen molar-refractivity contribution in [1.29, 1.82) is 0 Å². The van der Waals surface area contributed by atoms with Gasteiger partial charge in [0.15, 0.2) is 6.10 Å². The molecule has 180 valence electrons. The Morgan fingerprint density at radius 1 is 1.09 bits per heavy atom. The van der Waals surface area contributed by atoms with E-state index in [2.05, 4.69) is 17.4 Å². The Bertz CT molecular complexity index is 1010. The van der Waals surface area contributed by atoms with Crippen LogP contribution in [0.5, 0.6) is 0 Å². The molecule has 1 aliphatic heterocycles. The highest BCUT2D eigenvalue weighted by Gasteiger charge is 2.39. The van der Waals surface area contributed by atoms with Crippen LogP contribution < -0.4 is 5.32 Å². The van der Waals surface area contributed by atoms with Gasteiger partial charge in [-0.2, -0.15) is 0 Å². The molecular formula is C25H28N2O7. The van der Waals surface area contributed by atoms with E-state index in [1.54, 1.807) is 0 Å². The number of carbonyl (C=O) groups is 3. The van der Waals surface area contributed by atoms with Crippen molar-refractivity contribution in [1.82, 2.24) is 10.2 Å². The van der Waals surface area contributed by atoms with E-state index in [1.165, 1.54) is 7.11 Å². The zero-order valence-corrected chi connectivity index (χ0v) is 18.9. The summed E-state index contributed by atoms with van der Waals surface area (Å²) in [6, 6.07) is 15.5. The lowest BCUT2D eigenvalue weighted by atomic mass is 9.98. The molecule has 9 heteroatoms. The molecule has 4 rings (SSSR count). The molecule has 1 fully saturated rings. The molecule has 1 saturated heterocycles. The minimum absolute atomic E-state index is 0.0736. The minimum atomic E-state index is -1.14. The van der Waals surface area contributed by atoms with Crippen LogP contribution >= 0.6 is 0 Å². The summed E-state index contributed by atoms with van der Waals surface area (Å²) < 4.78 is 16.1. The van der Waals surface area contributed by atoms with E-state index in [4.69, 9.17) is 19.3 Å². The summed E-state index contributed by atoms with van der Waals surface area (Å²) in [5, 5.41) is 11.9. The topological polar surface area (TPSA) is 114 Å². The summed E-state index contributed by atoms with van der Waals surface area (Å²) in [4.78, 5) is 37.9. The zero-order chi connectivity index (χ0) is 24.1. The van der Waals surface area contributed by atoms with E-state index in [0.717, 1.165) is 27.2 Å². The van der Waals surface area contributed by atoms with Crippen molar-refractivity contribution in [3.05, 3.63) is 59.7 Å². The quantitative estimate of drug-likeness (QED) is 0.580. The van der Waals surface area contributed by atoms with Gasteiger partial charge in [0.1, 0.15) is 13.2 Å². The lowest BCUT2D eigenvalue weighted by molar-refractivity contribution is -0.150. The van der Waals surface area contributed by atoms with Crippen LogP contribution in [0.25, 0.3) is 11.1 Å². The first-order valence-corrected chi connectivity index (χ1v) is 11.2. The molecule has 34 heavy (non-hydrogen) atoms. The number of nitrogens with zero attached hydrogens (tertiary/aromatic N) is 1. The lowest BCUT2D eigenvalue weighted by Gasteiger charge is -2.26. The third-order valence-electron chi connectivity index (χ3n) is 6.19. The SMILES string of the molecule is COCCN(CC(=O)O)C(=O)[C@@H]1OCC[C@@H]1NC(=O)OCC1c2ccccc2-c2ccccc21. The Morgan fingerprint density at radius 2 is 1.74 bits per heavy atom. The van der Waals surface area contributed by atoms with E-state index in [1.807, 2.05) is 36.4 Å². The number of hydrogen-bond donors (Lipinski definition) is 2. The third kappa shape index (κ3) is 5.05. The van der Waals surface area contributed by atoms with Crippen molar-refractivity contribution >= 4 is 18.0 Å². The van der Waals surface area contributed by atoms with Gasteiger partial charge in [0.25, 0.3) is 5.91 Å². The fraction of sp³-hybridized carbons (Fsp3) is 0.400. The van der Waals surface area contributed by atoms with Gasteiger partial charge in [0.2, 0.25) is 0 Å². The van der Waals surface area contributed by atoms with Gasteiger partial charge in [-0.25, -0.2) is 4.79 Å². The monoisotopic (exact) mass is 468 g/mol. The zero-order valence-electron chi connectivity index (χ0n) is 18.9. The van der Waals surface area contributed by atoms with Gasteiger partial charge in [-0.05, 0) is 28.7 Å². The Morgan fingerprint density at radius 3 is 2.35 bits per heavy atom. The molecule has 1 aliphatic carbocycles. The first kappa shape index (κ1) is 23.7. The van der Waals surface area contributed by atoms with E-state index in [0.29, 0.717) is 6.42 Å². The summed E-state index contributed by atoms with van der Waals surface area (Å²) >= 11 is 0. The first-order chi connectivity index (χ1) is 16.5. The maximum atomic E-state index is 12.9. The predicted octanol–water partition coefficient (Wildman–Crippen LogP) is 2.24. The van der Waals surface area contributed by atoms with Crippen LogP contribution in [0.15, 0.2) is 48.5 Å². The fourth-order valence-electron chi connectivity index (χ4n) is 4.58. The number of fused-ring (bicyclic) bond motifs is 3. The van der Waals surface area contributed by atoms with E-state index < -0.39 is 36.7 Å². The molecule has 0 bridgehead atoms. The summed E-state index contributed by atoms with van der Waals surface area (Å²) in [6.07, 6.45) is -1.19. The van der Waals surface area contributed by atoms with E-state index in [9.17, 15) is 14.4 Å². The highest BCUT2D eigenvalue weighted by Crippen LogP contribution is 2.44. The number of alkyl carbamates (subject to hydrolysis) is 1. The molecule has 2 N–H and O–H groups in total. The number of carbonyl (C=O) groups excluding carboxylic acids is 2. The Hall–Kier alpha value is -3.43. The van der Waals surface area contributed by atoms with Gasteiger partial charge in [-0.1, -0.05) is 48.5 Å².